The number of hydrogen-bond acceptors (Lipinski definition) is 2. The molecule has 0 spiro atoms. The van der Waals surface area contributed by atoms with Gasteiger partial charge >= 0.3 is 5.97 Å². The molecule has 3 rings (SSSR count). The molecule has 1 aromatic carbocycles. The summed E-state index contributed by atoms with van der Waals surface area (Å²) in [6, 6.07) is 5.00. The number of benzene rings is 1. The summed E-state index contributed by atoms with van der Waals surface area (Å²) in [6.07, 6.45) is 13.8. The summed E-state index contributed by atoms with van der Waals surface area (Å²) < 4.78 is 4.98. The van der Waals surface area contributed by atoms with E-state index in [1.165, 1.54) is 47.9 Å². The monoisotopic (exact) mass is 392 g/mol. The van der Waals surface area contributed by atoms with Gasteiger partial charge in [0.1, 0.15) is 0 Å². The summed E-state index contributed by atoms with van der Waals surface area (Å²) in [5, 5.41) is 0. The van der Waals surface area contributed by atoms with Gasteiger partial charge in [-0.2, -0.15) is 0 Å². The van der Waals surface area contributed by atoms with Crippen molar-refractivity contribution in [3.8, 4) is 0 Å². The Balaban J connectivity index is 1.94. The van der Waals surface area contributed by atoms with Crippen LogP contribution in [-0.4, -0.2) is 12.6 Å². The maximum Gasteiger partial charge on any atom is 0.330 e. The first-order valence-corrected chi connectivity index (χ1v) is 11.0. The van der Waals surface area contributed by atoms with Gasteiger partial charge in [-0.1, -0.05) is 58.1 Å². The third kappa shape index (κ3) is 4.74. The van der Waals surface area contributed by atoms with E-state index in [1.807, 2.05) is 19.9 Å². The Hall–Kier alpha value is -2.09. The Morgan fingerprint density at radius 2 is 1.72 bits per heavy atom. The van der Waals surface area contributed by atoms with Gasteiger partial charge in [-0.15, -0.1) is 0 Å². The van der Waals surface area contributed by atoms with Crippen molar-refractivity contribution in [3.63, 3.8) is 0 Å². The molecule has 0 heterocycles. The lowest BCUT2D eigenvalue weighted by molar-refractivity contribution is -0.137. The summed E-state index contributed by atoms with van der Waals surface area (Å²) in [5.74, 6) is -0.276. The molecule has 0 aromatic heterocycles. The minimum atomic E-state index is -0.276. The van der Waals surface area contributed by atoms with Gasteiger partial charge < -0.3 is 4.74 Å². The van der Waals surface area contributed by atoms with Crippen molar-refractivity contribution >= 4 is 11.5 Å². The van der Waals surface area contributed by atoms with Crippen LogP contribution in [0.4, 0.5) is 0 Å². The number of ether oxygens (including phenoxy) is 1. The van der Waals surface area contributed by atoms with Crippen molar-refractivity contribution in [3.05, 3.63) is 64.3 Å². The number of fused-ring (bicyclic) bond motifs is 2. The molecule has 1 aromatic rings. The molecule has 0 aliphatic heterocycles. The summed E-state index contributed by atoms with van der Waals surface area (Å²) in [4.78, 5) is 11.6. The zero-order valence-corrected chi connectivity index (χ0v) is 19.0. The molecule has 0 unspecified atom stereocenters. The lowest BCUT2D eigenvalue weighted by atomic mass is 9.62. The fraction of sp³-hybridized carbons (Fsp3) is 0.519. The molecule has 2 nitrogen and oxygen atoms in total. The topological polar surface area (TPSA) is 26.3 Å². The Kier molecular flexibility index (Phi) is 6.22. The molecular formula is C27H36O2. The minimum Gasteiger partial charge on any atom is -0.463 e. The standard InChI is InChI=1S/C27H36O2/c1-7-29-25(28)16-19(2)10-8-11-20-12-9-13-21-17-23-24(18-22(20)21)27(5,6)15-14-26(23,3)4/h8,10-11,16-18H,7,9,12-15H2,1-6H3/b10-8+,19-16+,20-11-. The average molecular weight is 393 g/mol. The van der Waals surface area contributed by atoms with E-state index in [0.29, 0.717) is 6.61 Å². The Morgan fingerprint density at radius 1 is 1.07 bits per heavy atom. The van der Waals surface area contributed by atoms with Crippen LogP contribution >= 0.6 is 0 Å². The summed E-state index contributed by atoms with van der Waals surface area (Å²) >= 11 is 0. The highest BCUT2D eigenvalue weighted by Crippen LogP contribution is 2.48. The van der Waals surface area contributed by atoms with Gasteiger partial charge in [-0.05, 0) is 90.2 Å². The highest BCUT2D eigenvalue weighted by molar-refractivity contribution is 5.83. The molecule has 0 atom stereocenters. The second kappa shape index (κ2) is 8.34. The van der Waals surface area contributed by atoms with E-state index in [2.05, 4.69) is 52.0 Å². The highest BCUT2D eigenvalue weighted by atomic mass is 16.5. The maximum atomic E-state index is 11.6. The third-order valence-corrected chi connectivity index (χ3v) is 6.60. The van der Waals surface area contributed by atoms with Crippen molar-refractivity contribution in [2.24, 2.45) is 0 Å². The molecule has 2 aliphatic carbocycles. The molecule has 156 valence electrons. The molecule has 0 saturated heterocycles. The van der Waals surface area contributed by atoms with Crippen LogP contribution in [0.2, 0.25) is 0 Å². The molecule has 2 aliphatic rings. The van der Waals surface area contributed by atoms with Gasteiger partial charge in [0.15, 0.2) is 0 Å². The Labute approximate surface area is 176 Å². The number of carbonyl (C=O) groups is 1. The number of aryl methyl sites for hydroxylation is 1. The number of allylic oxidation sites excluding steroid dienone is 5. The predicted molar refractivity (Wildman–Crippen MR) is 122 cm³/mol. The van der Waals surface area contributed by atoms with E-state index in [0.717, 1.165) is 12.0 Å². The highest BCUT2D eigenvalue weighted by Gasteiger charge is 2.38. The summed E-state index contributed by atoms with van der Waals surface area (Å²) in [5.41, 5.74) is 8.82. The van der Waals surface area contributed by atoms with Crippen LogP contribution in [0.1, 0.15) is 89.5 Å². The van der Waals surface area contributed by atoms with Gasteiger partial charge in [-0.25, -0.2) is 4.79 Å². The van der Waals surface area contributed by atoms with Crippen LogP contribution < -0.4 is 0 Å². The minimum absolute atomic E-state index is 0.233. The van der Waals surface area contributed by atoms with Crippen LogP contribution in [0.3, 0.4) is 0 Å². The Morgan fingerprint density at radius 3 is 2.38 bits per heavy atom. The summed E-state index contributed by atoms with van der Waals surface area (Å²) in [6.45, 7) is 13.7. The molecule has 0 bridgehead atoms. The molecule has 0 fully saturated rings. The SMILES string of the molecule is CCOC(=O)/C=C(C)/C=C/C=C1/CCCc2cc3c(cc21)C(C)(C)CCC3(C)C. The summed E-state index contributed by atoms with van der Waals surface area (Å²) in [7, 11) is 0. The van der Waals surface area contributed by atoms with Crippen LogP contribution in [0.15, 0.2) is 42.0 Å². The number of hydrogen-bond donors (Lipinski definition) is 0. The zero-order chi connectivity index (χ0) is 21.2. The van der Waals surface area contributed by atoms with Gasteiger partial charge in [-0.3, -0.25) is 0 Å². The molecule has 0 N–H and O–H groups in total. The molecule has 0 radical (unpaired) electrons. The maximum absolute atomic E-state index is 11.6. The van der Waals surface area contributed by atoms with Crippen molar-refractivity contribution in [2.45, 2.75) is 84.5 Å². The van der Waals surface area contributed by atoms with Crippen LogP contribution in [0.25, 0.3) is 5.57 Å². The molecule has 0 saturated carbocycles. The van der Waals surface area contributed by atoms with Gasteiger partial charge in [0.05, 0.1) is 6.61 Å². The normalized spacial score (nSPS) is 21.7. The van der Waals surface area contributed by atoms with Gasteiger partial charge in [0.25, 0.3) is 0 Å². The number of carbonyl (C=O) groups excluding carboxylic acids is 1. The zero-order valence-electron chi connectivity index (χ0n) is 19.0. The van der Waals surface area contributed by atoms with Crippen molar-refractivity contribution in [1.29, 1.82) is 0 Å². The lowest BCUT2D eigenvalue weighted by Gasteiger charge is -2.43. The van der Waals surface area contributed by atoms with Crippen LogP contribution in [-0.2, 0) is 26.8 Å². The van der Waals surface area contributed by atoms with Gasteiger partial charge in [0, 0.05) is 6.08 Å². The first-order chi connectivity index (χ1) is 13.6. The molecule has 2 heteroatoms. The van der Waals surface area contributed by atoms with Crippen LogP contribution in [0, 0.1) is 0 Å². The van der Waals surface area contributed by atoms with Crippen LogP contribution in [0.5, 0.6) is 0 Å². The first-order valence-electron chi connectivity index (χ1n) is 11.0. The predicted octanol–water partition coefficient (Wildman–Crippen LogP) is 6.82. The second-order valence-corrected chi connectivity index (χ2v) is 9.87. The third-order valence-electron chi connectivity index (χ3n) is 6.60. The van der Waals surface area contributed by atoms with E-state index >= 15 is 0 Å². The molecular weight excluding hydrogens is 356 g/mol. The second-order valence-electron chi connectivity index (χ2n) is 9.87. The average Bonchev–Trinajstić information content (AvgIpc) is 2.65. The van der Waals surface area contributed by atoms with Crippen molar-refractivity contribution in [1.82, 2.24) is 0 Å². The van der Waals surface area contributed by atoms with E-state index in [-0.39, 0.29) is 16.8 Å². The molecule has 29 heavy (non-hydrogen) atoms. The van der Waals surface area contributed by atoms with Crippen molar-refractivity contribution < 1.29 is 9.53 Å². The van der Waals surface area contributed by atoms with E-state index < -0.39 is 0 Å². The largest absolute Gasteiger partial charge is 0.463 e. The van der Waals surface area contributed by atoms with E-state index in [1.54, 1.807) is 11.6 Å². The number of rotatable bonds is 4. The van der Waals surface area contributed by atoms with E-state index in [4.69, 9.17) is 4.74 Å². The fourth-order valence-electron chi connectivity index (χ4n) is 4.68. The quantitative estimate of drug-likeness (QED) is 0.319. The number of esters is 1. The molecule has 0 amide bonds. The first kappa shape index (κ1) is 21.6. The smallest absolute Gasteiger partial charge is 0.330 e. The van der Waals surface area contributed by atoms with Gasteiger partial charge in [0.2, 0.25) is 0 Å². The lowest BCUT2D eigenvalue weighted by Crippen LogP contribution is -2.34. The fourth-order valence-corrected chi connectivity index (χ4v) is 4.68. The van der Waals surface area contributed by atoms with Crippen molar-refractivity contribution in [2.75, 3.05) is 6.61 Å². The van der Waals surface area contributed by atoms with E-state index in [9.17, 15) is 4.79 Å². The Bertz CT molecular complexity index is 878.